The summed E-state index contributed by atoms with van der Waals surface area (Å²) in [5.74, 6) is -0.307. The number of fused-ring (bicyclic) bond motifs is 1. The maximum atomic E-state index is 13.1. The van der Waals surface area contributed by atoms with Crippen LogP contribution in [0.15, 0.2) is 51.9 Å². The van der Waals surface area contributed by atoms with E-state index in [1.807, 2.05) is 6.92 Å². The summed E-state index contributed by atoms with van der Waals surface area (Å²) in [4.78, 5) is 36.7. The molecule has 2 aromatic heterocycles. The Kier molecular flexibility index (Phi) is 6.32. The smallest absolute Gasteiger partial charge is 0.278 e. The number of nitrogens with one attached hydrogen (secondary N) is 1. The Bertz CT molecular complexity index is 1140. The normalized spacial score (nSPS) is 16.8. The van der Waals surface area contributed by atoms with Gasteiger partial charge in [-0.1, -0.05) is 11.6 Å². The molecule has 1 unspecified atom stereocenters. The molecule has 9 nitrogen and oxygen atoms in total. The molecule has 2 aromatic rings. The molecular weight excluding hydrogens is 460 g/mol. The monoisotopic (exact) mass is 479 g/mol. The summed E-state index contributed by atoms with van der Waals surface area (Å²) in [7, 11) is 1.67. The van der Waals surface area contributed by atoms with Crippen molar-refractivity contribution >= 4 is 29.2 Å². The predicted octanol–water partition coefficient (Wildman–Crippen LogP) is 3.23. The molecule has 2 aliphatic heterocycles. The zero-order chi connectivity index (χ0) is 23.7. The highest BCUT2D eigenvalue weighted by atomic mass is 35.5. The van der Waals surface area contributed by atoms with Crippen molar-refractivity contribution in [3.8, 4) is 0 Å². The minimum atomic E-state index is -2.62. The first-order valence-corrected chi connectivity index (χ1v) is 10.3. The lowest BCUT2D eigenvalue weighted by molar-refractivity contribution is 0.0229. The number of likely N-dealkylation sites (N-methyl/N-ethyl adjacent to an activating group) is 1. The second-order valence-electron chi connectivity index (χ2n) is 7.55. The molecule has 0 aromatic carbocycles. The molecule has 33 heavy (non-hydrogen) atoms. The van der Waals surface area contributed by atoms with Crippen molar-refractivity contribution in [2.45, 2.75) is 25.9 Å². The van der Waals surface area contributed by atoms with Crippen molar-refractivity contribution in [2.24, 2.45) is 0 Å². The quantitative estimate of drug-likeness (QED) is 0.650. The number of anilines is 1. The Labute approximate surface area is 192 Å². The van der Waals surface area contributed by atoms with Gasteiger partial charge in [0.25, 0.3) is 18.2 Å². The number of amides is 2. The molecule has 0 bridgehead atoms. The van der Waals surface area contributed by atoms with E-state index in [9.17, 15) is 18.4 Å². The zero-order valence-corrected chi connectivity index (χ0v) is 18.5. The fraction of sp³-hybridized carbons (Fsp3) is 0.333. The van der Waals surface area contributed by atoms with Gasteiger partial charge < -0.3 is 24.3 Å². The third-order valence-electron chi connectivity index (χ3n) is 5.41. The Balaban J connectivity index is 1.54. The highest BCUT2D eigenvalue weighted by molar-refractivity contribution is 6.31. The average molecular weight is 480 g/mol. The first-order valence-electron chi connectivity index (χ1n) is 9.97. The molecule has 0 aliphatic carbocycles. The number of oxazole rings is 1. The van der Waals surface area contributed by atoms with Crippen molar-refractivity contribution in [1.29, 1.82) is 0 Å². The van der Waals surface area contributed by atoms with Crippen LogP contribution >= 0.6 is 11.6 Å². The molecule has 4 heterocycles. The van der Waals surface area contributed by atoms with E-state index in [1.165, 1.54) is 12.5 Å². The maximum absolute atomic E-state index is 13.1. The molecule has 2 amide bonds. The van der Waals surface area contributed by atoms with Crippen molar-refractivity contribution in [3.63, 3.8) is 0 Å². The van der Waals surface area contributed by atoms with Gasteiger partial charge in [0.15, 0.2) is 18.7 Å². The summed E-state index contributed by atoms with van der Waals surface area (Å²) in [6, 6.07) is 1.23. The molecule has 12 heteroatoms. The number of halogens is 3. The van der Waals surface area contributed by atoms with Gasteiger partial charge >= 0.3 is 0 Å². The molecule has 0 fully saturated rings. The fourth-order valence-corrected chi connectivity index (χ4v) is 4.08. The maximum Gasteiger partial charge on any atom is 0.278 e. The van der Waals surface area contributed by atoms with Crippen LogP contribution in [-0.2, 0) is 11.3 Å². The topological polar surface area (TPSA) is 101 Å². The van der Waals surface area contributed by atoms with E-state index in [0.29, 0.717) is 17.7 Å². The number of hydrogen-bond acceptors (Lipinski definition) is 7. The summed E-state index contributed by atoms with van der Waals surface area (Å²) in [6.07, 6.45) is 2.81. The average Bonchev–Trinajstić information content (AvgIpc) is 3.42. The van der Waals surface area contributed by atoms with Gasteiger partial charge in [0, 0.05) is 30.9 Å². The highest BCUT2D eigenvalue weighted by Gasteiger charge is 2.36. The lowest BCUT2D eigenvalue weighted by atomic mass is 10.0. The van der Waals surface area contributed by atoms with Gasteiger partial charge in [0.2, 0.25) is 5.88 Å². The third kappa shape index (κ3) is 4.54. The largest absolute Gasteiger partial charge is 0.472 e. The summed E-state index contributed by atoms with van der Waals surface area (Å²) in [5, 5.41) is 2.85. The van der Waals surface area contributed by atoms with E-state index >= 15 is 0 Å². The second-order valence-corrected chi connectivity index (χ2v) is 7.96. The number of hydrogen-bond donors (Lipinski definition) is 1. The van der Waals surface area contributed by atoms with Gasteiger partial charge in [-0.15, -0.1) is 0 Å². The van der Waals surface area contributed by atoms with E-state index < -0.39 is 18.9 Å². The lowest BCUT2D eigenvalue weighted by Crippen LogP contribution is -2.39. The molecule has 1 N–H and O–H groups in total. The lowest BCUT2D eigenvalue weighted by Gasteiger charge is -2.33. The minimum Gasteiger partial charge on any atom is -0.472 e. The van der Waals surface area contributed by atoms with Crippen LogP contribution in [0.2, 0.25) is 0 Å². The Morgan fingerprint density at radius 1 is 1.36 bits per heavy atom. The van der Waals surface area contributed by atoms with E-state index in [1.54, 1.807) is 29.0 Å². The number of carbonyl (C=O) groups excluding carboxylic acids is 2. The first-order chi connectivity index (χ1) is 15.8. The summed E-state index contributed by atoms with van der Waals surface area (Å²) in [6.45, 7) is 1.64. The number of alkyl halides is 2. The van der Waals surface area contributed by atoms with Crippen molar-refractivity contribution in [3.05, 3.63) is 64.3 Å². The molecule has 2 aliphatic rings. The van der Waals surface area contributed by atoms with Crippen LogP contribution in [0.25, 0.3) is 0 Å². The number of ether oxygens (including phenoxy) is 1. The Hall–Kier alpha value is -3.47. The van der Waals surface area contributed by atoms with Crippen LogP contribution in [0, 0.1) is 0 Å². The number of carbonyl (C=O) groups is 2. The summed E-state index contributed by atoms with van der Waals surface area (Å²) < 4.78 is 35.0. The Morgan fingerprint density at radius 3 is 2.82 bits per heavy atom. The number of nitrogens with zero attached hydrogens (tertiary/aromatic N) is 4. The van der Waals surface area contributed by atoms with Gasteiger partial charge in [-0.3, -0.25) is 9.59 Å². The number of rotatable bonds is 7. The number of pyridine rings is 1. The third-order valence-corrected chi connectivity index (χ3v) is 5.68. The van der Waals surface area contributed by atoms with Crippen LogP contribution in [0.5, 0.6) is 0 Å². The van der Waals surface area contributed by atoms with E-state index in [-0.39, 0.29) is 40.9 Å². The van der Waals surface area contributed by atoms with Gasteiger partial charge in [-0.25, -0.2) is 18.7 Å². The molecule has 0 radical (unpaired) electrons. The van der Waals surface area contributed by atoms with Gasteiger partial charge in [0.05, 0.1) is 12.6 Å². The number of allylic oxidation sites excluding steroid dienone is 2. The Morgan fingerprint density at radius 2 is 2.15 bits per heavy atom. The highest BCUT2D eigenvalue weighted by Crippen LogP contribution is 2.33. The van der Waals surface area contributed by atoms with Crippen LogP contribution in [0.4, 0.5) is 14.6 Å². The molecule has 0 spiro atoms. The van der Waals surface area contributed by atoms with Gasteiger partial charge in [-0.2, -0.15) is 0 Å². The molecular formula is C21H20ClF2N5O4. The standard InChI is InChI=1S/C21H20ClF2N5O4/c1-11(12-5-15(22)21(28(2)6-12)33-9-17(23)24)29-7-14-13(20(29)31)3-4-25-18(14)27-19(30)16-8-32-10-26-16/h3-5,8,10-11,17H,6-7,9H2,1-2H3,(H,25,27,30). The van der Waals surface area contributed by atoms with Crippen LogP contribution in [0.1, 0.15) is 33.3 Å². The van der Waals surface area contributed by atoms with Crippen LogP contribution in [-0.4, -0.2) is 64.2 Å². The van der Waals surface area contributed by atoms with E-state index in [2.05, 4.69) is 15.3 Å². The second kappa shape index (κ2) is 9.18. The molecule has 174 valence electrons. The minimum absolute atomic E-state index is 0.0886. The predicted molar refractivity (Wildman–Crippen MR) is 114 cm³/mol. The molecule has 0 saturated heterocycles. The molecule has 0 saturated carbocycles. The summed E-state index contributed by atoms with van der Waals surface area (Å²) >= 11 is 6.28. The zero-order valence-electron chi connectivity index (χ0n) is 17.7. The fourth-order valence-electron chi connectivity index (χ4n) is 3.74. The van der Waals surface area contributed by atoms with Crippen molar-refractivity contribution < 1.29 is 27.5 Å². The van der Waals surface area contributed by atoms with Crippen LogP contribution in [0.3, 0.4) is 0 Å². The van der Waals surface area contributed by atoms with E-state index in [4.69, 9.17) is 20.8 Å². The van der Waals surface area contributed by atoms with Gasteiger partial charge in [0.1, 0.15) is 17.1 Å². The van der Waals surface area contributed by atoms with Crippen molar-refractivity contribution in [2.75, 3.05) is 25.5 Å². The van der Waals surface area contributed by atoms with E-state index in [0.717, 1.165) is 12.0 Å². The van der Waals surface area contributed by atoms with Crippen LogP contribution < -0.4 is 5.32 Å². The first kappa shape index (κ1) is 22.7. The molecule has 1 atom stereocenters. The number of aromatic nitrogens is 2. The van der Waals surface area contributed by atoms with Gasteiger partial charge in [-0.05, 0) is 24.6 Å². The molecule has 4 rings (SSSR count). The van der Waals surface area contributed by atoms with Crippen molar-refractivity contribution in [1.82, 2.24) is 19.8 Å². The SMILES string of the molecule is CC(C1=CC(Cl)=C(OCC(F)F)N(C)C1)N1Cc2c(ccnc2NC(=O)c2cocn2)C1=O. The summed E-state index contributed by atoms with van der Waals surface area (Å²) in [5.41, 5.74) is 1.90.